The normalized spacial score (nSPS) is 11.6. The van der Waals surface area contributed by atoms with Crippen molar-refractivity contribution in [2.24, 2.45) is 0 Å². The van der Waals surface area contributed by atoms with Crippen LogP contribution in [0.15, 0.2) is 209 Å². The molecule has 0 atom stereocenters. The van der Waals surface area contributed by atoms with Crippen LogP contribution in [0.1, 0.15) is 0 Å². The summed E-state index contributed by atoms with van der Waals surface area (Å²) >= 11 is 0. The summed E-state index contributed by atoms with van der Waals surface area (Å²) in [6.45, 7) is 0. The predicted molar refractivity (Wildman–Crippen MR) is 231 cm³/mol. The summed E-state index contributed by atoms with van der Waals surface area (Å²) in [6, 6.07) is 69.8. The maximum atomic E-state index is 6.68. The molecule has 5 nitrogen and oxygen atoms in total. The van der Waals surface area contributed by atoms with E-state index in [1.54, 1.807) is 0 Å². The van der Waals surface area contributed by atoms with Crippen LogP contribution in [0.3, 0.4) is 0 Å². The Morgan fingerprint density at radius 1 is 0.339 bits per heavy atom. The SMILES string of the molecule is c1ccc(-c2nc3c(cc(N(c4ccccc4)c4ccc5ccccc5c4)c4ccc(N(c5ccccc5)c5ccc6oc7ccccc7c6c5)cc43)o2)cc1. The molecule has 11 rings (SSSR count). The lowest BCUT2D eigenvalue weighted by molar-refractivity contribution is 0.620. The second-order valence-corrected chi connectivity index (χ2v) is 14.0. The Morgan fingerprint density at radius 2 is 0.929 bits per heavy atom. The number of nitrogens with zero attached hydrogens (tertiary/aromatic N) is 3. The lowest BCUT2D eigenvalue weighted by Gasteiger charge is -2.28. The van der Waals surface area contributed by atoms with Crippen molar-refractivity contribution < 1.29 is 8.83 Å². The Hall–Kier alpha value is -7.63. The molecule has 11 aromatic rings. The van der Waals surface area contributed by atoms with E-state index in [4.69, 9.17) is 13.8 Å². The first kappa shape index (κ1) is 31.9. The Kier molecular flexibility index (Phi) is 7.42. The second-order valence-electron chi connectivity index (χ2n) is 14.0. The Balaban J connectivity index is 1.18. The van der Waals surface area contributed by atoms with Gasteiger partial charge in [0, 0.05) is 61.6 Å². The smallest absolute Gasteiger partial charge is 0.227 e. The molecule has 56 heavy (non-hydrogen) atoms. The van der Waals surface area contributed by atoms with E-state index in [9.17, 15) is 0 Å². The average Bonchev–Trinajstić information content (AvgIpc) is 3.87. The number of furan rings is 1. The number of anilines is 6. The van der Waals surface area contributed by atoms with Gasteiger partial charge in [-0.25, -0.2) is 4.98 Å². The van der Waals surface area contributed by atoms with Crippen LogP contribution >= 0.6 is 0 Å². The van der Waals surface area contributed by atoms with E-state index in [1.807, 2.05) is 42.5 Å². The van der Waals surface area contributed by atoms with Crippen LogP contribution in [0.2, 0.25) is 0 Å². The molecule has 0 spiro atoms. The lowest BCUT2D eigenvalue weighted by atomic mass is 10.0. The number of aromatic nitrogens is 1. The fourth-order valence-electron chi connectivity index (χ4n) is 8.00. The third kappa shape index (κ3) is 5.37. The molecule has 0 bridgehead atoms. The summed E-state index contributed by atoms with van der Waals surface area (Å²) in [5.74, 6) is 0.582. The maximum absolute atomic E-state index is 6.68. The number of benzene rings is 9. The van der Waals surface area contributed by atoms with Crippen molar-refractivity contribution in [3.63, 3.8) is 0 Å². The van der Waals surface area contributed by atoms with Crippen molar-refractivity contribution in [2.45, 2.75) is 0 Å². The van der Waals surface area contributed by atoms with Crippen LogP contribution in [-0.4, -0.2) is 4.98 Å². The van der Waals surface area contributed by atoms with E-state index >= 15 is 0 Å². The van der Waals surface area contributed by atoms with Gasteiger partial charge < -0.3 is 18.6 Å². The summed E-state index contributed by atoms with van der Waals surface area (Å²) in [6.07, 6.45) is 0. The zero-order valence-corrected chi connectivity index (χ0v) is 30.2. The van der Waals surface area contributed by atoms with Crippen molar-refractivity contribution in [1.82, 2.24) is 4.98 Å². The molecule has 5 heteroatoms. The Labute approximate surface area is 322 Å². The monoisotopic (exact) mass is 719 g/mol. The molecule has 0 fully saturated rings. The zero-order valence-electron chi connectivity index (χ0n) is 30.2. The maximum Gasteiger partial charge on any atom is 0.227 e. The van der Waals surface area contributed by atoms with Crippen LogP contribution in [0, 0.1) is 0 Å². The van der Waals surface area contributed by atoms with E-state index < -0.39 is 0 Å². The van der Waals surface area contributed by atoms with Crippen molar-refractivity contribution in [3.8, 4) is 11.5 Å². The quantitative estimate of drug-likeness (QED) is 0.164. The third-order valence-corrected chi connectivity index (χ3v) is 10.6. The molecule has 0 saturated carbocycles. The average molecular weight is 720 g/mol. The minimum atomic E-state index is 0.582. The molecule has 0 aliphatic heterocycles. The standard InChI is InChI=1S/C51H33N3O2/c1-4-15-35(16-5-1)51-52-50-45-32-40(53(37-18-6-2-7-19-37)41-27-29-48-44(31-41)43-22-12-13-23-47(43)55-48)26-28-42(45)46(33-49(50)56-51)54(38-20-8-3-9-21-38)39-25-24-34-14-10-11-17-36(34)30-39/h1-33H. The Bertz CT molecular complexity index is 3210. The topological polar surface area (TPSA) is 45.7 Å². The zero-order chi connectivity index (χ0) is 37.0. The predicted octanol–water partition coefficient (Wildman–Crippen LogP) is 14.6. The van der Waals surface area contributed by atoms with Gasteiger partial charge in [-0.3, -0.25) is 0 Å². The number of rotatable bonds is 7. The summed E-state index contributed by atoms with van der Waals surface area (Å²) in [4.78, 5) is 9.82. The number of oxazole rings is 1. The molecule has 2 heterocycles. The van der Waals surface area contributed by atoms with Gasteiger partial charge in [0.1, 0.15) is 16.7 Å². The molecule has 0 N–H and O–H groups in total. The molecular formula is C51H33N3O2. The first-order valence-corrected chi connectivity index (χ1v) is 18.8. The summed E-state index contributed by atoms with van der Waals surface area (Å²) < 4.78 is 12.9. The van der Waals surface area contributed by atoms with Crippen LogP contribution in [0.5, 0.6) is 0 Å². The van der Waals surface area contributed by atoms with E-state index in [0.717, 1.165) is 77.9 Å². The molecule has 0 amide bonds. The van der Waals surface area contributed by atoms with Crippen molar-refractivity contribution in [1.29, 1.82) is 0 Å². The molecule has 2 aromatic heterocycles. The van der Waals surface area contributed by atoms with Gasteiger partial charge in [-0.05, 0) is 95.7 Å². The van der Waals surface area contributed by atoms with Gasteiger partial charge in [-0.1, -0.05) is 109 Å². The van der Waals surface area contributed by atoms with E-state index in [-0.39, 0.29) is 0 Å². The number of hydrogen-bond donors (Lipinski definition) is 0. The van der Waals surface area contributed by atoms with Gasteiger partial charge in [0.25, 0.3) is 0 Å². The summed E-state index contributed by atoms with van der Waals surface area (Å²) in [7, 11) is 0. The summed E-state index contributed by atoms with van der Waals surface area (Å²) in [5, 5.41) is 6.56. The first-order chi connectivity index (χ1) is 27.7. The molecule has 0 aliphatic carbocycles. The van der Waals surface area contributed by atoms with Crippen LogP contribution in [-0.2, 0) is 0 Å². The fourth-order valence-corrected chi connectivity index (χ4v) is 8.00. The second kappa shape index (κ2) is 13.0. The highest BCUT2D eigenvalue weighted by atomic mass is 16.3. The van der Waals surface area contributed by atoms with Gasteiger partial charge in [-0.15, -0.1) is 0 Å². The number of fused-ring (bicyclic) bond motifs is 7. The molecule has 0 unspecified atom stereocenters. The summed E-state index contributed by atoms with van der Waals surface area (Å²) in [5.41, 5.74) is 10.3. The lowest BCUT2D eigenvalue weighted by Crippen LogP contribution is -2.11. The fraction of sp³-hybridized carbons (Fsp3) is 0. The van der Waals surface area contributed by atoms with Gasteiger partial charge in [0.05, 0.1) is 5.69 Å². The molecule has 0 saturated heterocycles. The third-order valence-electron chi connectivity index (χ3n) is 10.6. The Morgan fingerprint density at radius 3 is 1.71 bits per heavy atom. The van der Waals surface area contributed by atoms with E-state index in [0.29, 0.717) is 11.5 Å². The highest BCUT2D eigenvalue weighted by Gasteiger charge is 2.23. The van der Waals surface area contributed by atoms with Crippen molar-refractivity contribution in [3.05, 3.63) is 200 Å². The van der Waals surface area contributed by atoms with Gasteiger partial charge in [-0.2, -0.15) is 0 Å². The van der Waals surface area contributed by atoms with Crippen LogP contribution in [0.4, 0.5) is 34.1 Å². The van der Waals surface area contributed by atoms with Crippen molar-refractivity contribution >= 4 is 88.7 Å². The van der Waals surface area contributed by atoms with Crippen LogP contribution in [0.25, 0.3) is 66.0 Å². The van der Waals surface area contributed by atoms with Gasteiger partial charge in [0.15, 0.2) is 5.58 Å². The van der Waals surface area contributed by atoms with Crippen molar-refractivity contribution in [2.75, 3.05) is 9.80 Å². The highest BCUT2D eigenvalue weighted by molar-refractivity contribution is 6.14. The van der Waals surface area contributed by atoms with Crippen LogP contribution < -0.4 is 9.80 Å². The molecule has 9 aromatic carbocycles. The highest BCUT2D eigenvalue weighted by Crippen LogP contribution is 2.46. The number of para-hydroxylation sites is 3. The largest absolute Gasteiger partial charge is 0.456 e. The first-order valence-electron chi connectivity index (χ1n) is 18.8. The number of hydrogen-bond acceptors (Lipinski definition) is 5. The van der Waals surface area contributed by atoms with Gasteiger partial charge >= 0.3 is 0 Å². The van der Waals surface area contributed by atoms with E-state index in [1.165, 1.54) is 10.8 Å². The minimum absolute atomic E-state index is 0.582. The van der Waals surface area contributed by atoms with E-state index in [2.05, 4.69) is 168 Å². The molecular weight excluding hydrogens is 687 g/mol. The minimum Gasteiger partial charge on any atom is -0.456 e. The van der Waals surface area contributed by atoms with Gasteiger partial charge in [0.2, 0.25) is 5.89 Å². The molecule has 0 aliphatic rings. The molecule has 0 radical (unpaired) electrons. The molecule has 264 valence electrons.